The van der Waals surface area contributed by atoms with Gasteiger partial charge in [-0.05, 0) is 0 Å². The first-order chi connectivity index (χ1) is 13.5. The molecule has 0 atom stereocenters. The zero-order valence-electron chi connectivity index (χ0n) is 16.2. The van der Waals surface area contributed by atoms with E-state index in [1.807, 2.05) is 0 Å². The highest BCUT2D eigenvalue weighted by molar-refractivity contribution is 6.24. The van der Waals surface area contributed by atoms with Crippen LogP contribution in [-0.4, -0.2) is 112 Å². The Labute approximate surface area is 170 Å². The van der Waals surface area contributed by atoms with Crippen LogP contribution in [0, 0.1) is 4.91 Å². The fourth-order valence-electron chi connectivity index (χ4n) is 3.49. The number of hydrogen-bond donors (Lipinski definition) is 7. The van der Waals surface area contributed by atoms with E-state index in [1.165, 1.54) is 0 Å². The Balaban J connectivity index is 2.22. The molecule has 0 saturated carbocycles. The lowest BCUT2D eigenvalue weighted by Gasteiger charge is -2.41. The van der Waals surface area contributed by atoms with Gasteiger partial charge in [-0.1, -0.05) is 0 Å². The molecule has 0 amide bonds. The maximum Gasteiger partial charge on any atom is 0.325 e. The van der Waals surface area contributed by atoms with E-state index in [9.17, 15) is 14.8 Å². The van der Waals surface area contributed by atoms with Crippen LogP contribution in [-0.2, 0) is 4.79 Å². The Kier molecular flexibility index (Phi) is 9.79. The third kappa shape index (κ3) is 7.39. The number of alkyl halides is 1. The first-order valence-corrected chi connectivity index (χ1v) is 10.1. The quantitative estimate of drug-likeness (QED) is 0.146. The van der Waals surface area contributed by atoms with E-state index in [4.69, 9.17) is 11.6 Å². The zero-order chi connectivity index (χ0) is 20.3. The number of nitrogens with one attached hydrogen (secondary N) is 6. The maximum atomic E-state index is 11.5. The molecular formula is C16H33ClN8O3. The lowest BCUT2D eigenvalue weighted by Crippen LogP contribution is -2.65. The second-order valence-electron chi connectivity index (χ2n) is 7.47. The maximum absolute atomic E-state index is 11.5. The third-order valence-electron chi connectivity index (χ3n) is 5.05. The van der Waals surface area contributed by atoms with Crippen LogP contribution in [0.25, 0.3) is 0 Å². The smallest absolute Gasteiger partial charge is 0.325 e. The fourth-order valence-corrected chi connectivity index (χ4v) is 3.77. The van der Waals surface area contributed by atoms with Crippen molar-refractivity contribution in [3.8, 4) is 0 Å². The number of fused-ring (bicyclic) bond motifs is 15. The molecule has 3 aliphatic rings. The molecule has 0 aromatic carbocycles. The summed E-state index contributed by atoms with van der Waals surface area (Å²) in [6.07, 6.45) is 0. The number of hydrogen-bond acceptors (Lipinski definition) is 9. The minimum absolute atomic E-state index is 0.417. The fraction of sp³-hybridized carbons (Fsp3) is 0.938. The summed E-state index contributed by atoms with van der Waals surface area (Å²) in [5.41, 5.74) is -0.801. The van der Waals surface area contributed by atoms with Crippen LogP contribution >= 0.6 is 11.6 Å². The van der Waals surface area contributed by atoms with E-state index in [2.05, 4.69) is 37.2 Å². The summed E-state index contributed by atoms with van der Waals surface area (Å²) < 4.78 is 0. The van der Waals surface area contributed by atoms with Gasteiger partial charge in [0.25, 0.3) is 0 Å². The predicted octanol–water partition coefficient (Wildman–Crippen LogP) is -2.66. The van der Waals surface area contributed by atoms with Crippen LogP contribution in [0.2, 0.25) is 0 Å². The molecule has 2 bridgehead atoms. The molecule has 162 valence electrons. The number of carboxylic acid groups (broad SMARTS) is 1. The Bertz CT molecular complexity index is 455. The highest BCUT2D eigenvalue weighted by atomic mass is 35.5. The highest BCUT2D eigenvalue weighted by Crippen LogP contribution is 2.16. The Morgan fingerprint density at radius 1 is 0.821 bits per heavy atom. The first kappa shape index (κ1) is 23.2. The summed E-state index contributed by atoms with van der Waals surface area (Å²) in [7, 11) is 0. The standard InChI is InChI=1S/C16H33ClN8O3/c17-15-8-18-1-4-21-11-16(12-22-5-2-19-9-15,13-23-6-3-20-10-15)25(24-28)7-14(26)27/h18-23H,1-13H2,(H,26,27). The van der Waals surface area contributed by atoms with E-state index in [1.54, 1.807) is 0 Å². The van der Waals surface area contributed by atoms with Gasteiger partial charge in [-0.3, -0.25) is 4.79 Å². The van der Waals surface area contributed by atoms with E-state index >= 15 is 0 Å². The average Bonchev–Trinajstić information content (AvgIpc) is 2.66. The molecule has 3 saturated heterocycles. The summed E-state index contributed by atoms with van der Waals surface area (Å²) in [6.45, 7) is 6.88. The van der Waals surface area contributed by atoms with Gasteiger partial charge in [-0.2, -0.15) is 0 Å². The molecule has 3 aliphatic heterocycles. The lowest BCUT2D eigenvalue weighted by atomic mass is 9.97. The van der Waals surface area contributed by atoms with Crippen molar-refractivity contribution < 1.29 is 9.90 Å². The summed E-state index contributed by atoms with van der Waals surface area (Å²) >= 11 is 6.81. The van der Waals surface area contributed by atoms with Crippen LogP contribution in [0.15, 0.2) is 5.29 Å². The highest BCUT2D eigenvalue weighted by Gasteiger charge is 2.38. The second-order valence-corrected chi connectivity index (χ2v) is 8.27. The van der Waals surface area contributed by atoms with Gasteiger partial charge < -0.3 is 37.0 Å². The molecule has 28 heavy (non-hydrogen) atoms. The van der Waals surface area contributed by atoms with E-state index in [0.717, 1.165) is 5.01 Å². The molecule has 0 unspecified atom stereocenters. The molecule has 12 heteroatoms. The van der Waals surface area contributed by atoms with Crippen molar-refractivity contribution in [2.45, 2.75) is 10.4 Å². The van der Waals surface area contributed by atoms with Gasteiger partial charge in [-0.15, -0.1) is 16.5 Å². The molecule has 0 aromatic rings. The molecule has 0 spiro atoms. The zero-order valence-corrected chi connectivity index (χ0v) is 17.0. The number of rotatable bonds is 4. The molecule has 11 nitrogen and oxygen atoms in total. The van der Waals surface area contributed by atoms with Crippen molar-refractivity contribution in [1.29, 1.82) is 0 Å². The molecule has 3 heterocycles. The van der Waals surface area contributed by atoms with Crippen LogP contribution in [0.5, 0.6) is 0 Å². The lowest BCUT2D eigenvalue weighted by molar-refractivity contribution is -0.140. The van der Waals surface area contributed by atoms with Gasteiger partial charge in [0.1, 0.15) is 6.54 Å². The number of halogens is 1. The van der Waals surface area contributed by atoms with Crippen LogP contribution in [0.4, 0.5) is 0 Å². The van der Waals surface area contributed by atoms with Crippen molar-refractivity contribution >= 4 is 17.6 Å². The molecule has 0 aromatic heterocycles. The van der Waals surface area contributed by atoms with Crippen LogP contribution < -0.4 is 31.9 Å². The third-order valence-corrected chi connectivity index (χ3v) is 5.46. The Hall–Kier alpha value is -1.08. The molecule has 0 radical (unpaired) electrons. The van der Waals surface area contributed by atoms with E-state index in [0.29, 0.717) is 78.5 Å². The van der Waals surface area contributed by atoms with Crippen LogP contribution in [0.3, 0.4) is 0 Å². The summed E-state index contributed by atoms with van der Waals surface area (Å²) in [5.74, 6) is -1.09. The number of nitrogens with zero attached hydrogens (tertiary/aromatic N) is 2. The second kappa shape index (κ2) is 11.8. The summed E-state index contributed by atoms with van der Waals surface area (Å²) in [6, 6.07) is 0. The minimum atomic E-state index is -1.09. The molecule has 7 N–H and O–H groups in total. The van der Waals surface area contributed by atoms with Crippen LogP contribution in [0.1, 0.15) is 0 Å². The average molecular weight is 421 g/mol. The largest absolute Gasteiger partial charge is 0.480 e. The van der Waals surface area contributed by atoms with Crippen molar-refractivity contribution in [1.82, 2.24) is 36.9 Å². The van der Waals surface area contributed by atoms with Gasteiger partial charge in [0, 0.05) is 78.5 Å². The molecule has 0 aliphatic carbocycles. The SMILES string of the molecule is O=NN(CC(=O)O)C12CNCCNCC(Cl)(CNCCNC1)CNCCNC2. The normalized spacial score (nSPS) is 31.5. The minimum Gasteiger partial charge on any atom is -0.480 e. The topological polar surface area (TPSA) is 142 Å². The van der Waals surface area contributed by atoms with Crippen molar-refractivity contribution in [2.75, 3.05) is 85.1 Å². The van der Waals surface area contributed by atoms with Crippen molar-refractivity contribution in [3.63, 3.8) is 0 Å². The van der Waals surface area contributed by atoms with Gasteiger partial charge >= 0.3 is 5.97 Å². The molecule has 3 fully saturated rings. The van der Waals surface area contributed by atoms with E-state index in [-0.39, 0.29) is 0 Å². The Morgan fingerprint density at radius 3 is 1.50 bits per heavy atom. The van der Waals surface area contributed by atoms with Gasteiger partial charge in [0.05, 0.1) is 15.7 Å². The first-order valence-electron chi connectivity index (χ1n) is 9.76. The molecular weight excluding hydrogens is 388 g/mol. The van der Waals surface area contributed by atoms with Crippen molar-refractivity contribution in [3.05, 3.63) is 4.91 Å². The number of carboxylic acids is 1. The van der Waals surface area contributed by atoms with Gasteiger partial charge in [0.2, 0.25) is 0 Å². The Morgan fingerprint density at radius 2 is 1.18 bits per heavy atom. The monoisotopic (exact) mass is 420 g/mol. The van der Waals surface area contributed by atoms with Gasteiger partial charge in [0.15, 0.2) is 0 Å². The van der Waals surface area contributed by atoms with E-state index < -0.39 is 22.9 Å². The molecule has 3 rings (SSSR count). The van der Waals surface area contributed by atoms with Crippen molar-refractivity contribution in [2.24, 2.45) is 5.29 Å². The summed E-state index contributed by atoms with van der Waals surface area (Å²) in [5, 5.41) is 33.6. The van der Waals surface area contributed by atoms with Gasteiger partial charge in [-0.25, -0.2) is 5.01 Å². The number of nitroso groups, excluding NO2 is 1. The summed E-state index contributed by atoms with van der Waals surface area (Å²) in [4.78, 5) is 22.4. The number of carbonyl (C=O) groups is 1. The predicted molar refractivity (Wildman–Crippen MR) is 109 cm³/mol. The number of aliphatic carboxylic acids is 1.